The fourth-order valence-electron chi connectivity index (χ4n) is 3.44. The molecule has 1 aromatic heterocycles. The van der Waals surface area contributed by atoms with Crippen LogP contribution in [0.5, 0.6) is 5.75 Å². The highest BCUT2D eigenvalue weighted by Gasteiger charge is 2.25. The van der Waals surface area contributed by atoms with Crippen molar-refractivity contribution >= 4 is 23.2 Å². The number of amides is 2. The van der Waals surface area contributed by atoms with Crippen molar-refractivity contribution in [2.75, 3.05) is 13.2 Å². The number of carbonyl (C=O) groups is 2. The minimum Gasteiger partial charge on any atom is -0.491 e. The van der Waals surface area contributed by atoms with Gasteiger partial charge in [0.1, 0.15) is 17.2 Å². The average molecular weight is 400 g/mol. The largest absolute Gasteiger partial charge is 0.491 e. The molecule has 28 heavy (non-hydrogen) atoms. The van der Waals surface area contributed by atoms with Gasteiger partial charge in [0, 0.05) is 24.6 Å². The molecule has 1 aliphatic heterocycles. The topological polar surface area (TPSA) is 71.5 Å². The normalized spacial score (nSPS) is 16.1. The lowest BCUT2D eigenvalue weighted by molar-refractivity contribution is -0.121. The number of carbonyl (C=O) groups excluding carboxylic acids is 2. The van der Waals surface area contributed by atoms with Gasteiger partial charge < -0.3 is 15.0 Å². The Balaban J connectivity index is 1.46. The molecule has 1 saturated carbocycles. The van der Waals surface area contributed by atoms with Crippen molar-refractivity contribution in [2.24, 2.45) is 0 Å². The molecule has 2 aliphatic rings. The van der Waals surface area contributed by atoms with Crippen LogP contribution in [-0.2, 0) is 17.8 Å². The van der Waals surface area contributed by atoms with E-state index in [1.807, 2.05) is 30.9 Å². The minimum absolute atomic E-state index is 0.00812. The molecule has 6 nitrogen and oxygen atoms in total. The second-order valence-corrected chi connectivity index (χ2v) is 8.71. The molecule has 1 aromatic carbocycles. The van der Waals surface area contributed by atoms with Gasteiger partial charge in [-0.2, -0.15) is 0 Å². The van der Waals surface area contributed by atoms with Gasteiger partial charge in [0.25, 0.3) is 5.91 Å². The van der Waals surface area contributed by atoms with E-state index in [-0.39, 0.29) is 11.8 Å². The summed E-state index contributed by atoms with van der Waals surface area (Å²) < 4.78 is 5.86. The summed E-state index contributed by atoms with van der Waals surface area (Å²) in [6.45, 7) is 5.32. The van der Waals surface area contributed by atoms with Crippen LogP contribution in [0.2, 0.25) is 0 Å². The van der Waals surface area contributed by atoms with Crippen molar-refractivity contribution < 1.29 is 14.3 Å². The number of thiazole rings is 1. The fourth-order valence-corrected chi connectivity index (χ4v) is 4.32. The van der Waals surface area contributed by atoms with Crippen LogP contribution in [-0.4, -0.2) is 40.9 Å². The molecular formula is C21H25N3O3S. The van der Waals surface area contributed by atoms with Gasteiger partial charge in [-0.3, -0.25) is 9.59 Å². The summed E-state index contributed by atoms with van der Waals surface area (Å²) >= 11 is 1.44. The number of rotatable bonds is 5. The molecule has 1 N–H and O–H groups in total. The van der Waals surface area contributed by atoms with E-state index >= 15 is 0 Å². The van der Waals surface area contributed by atoms with Crippen molar-refractivity contribution in [3.05, 3.63) is 44.9 Å². The van der Waals surface area contributed by atoms with E-state index < -0.39 is 0 Å². The van der Waals surface area contributed by atoms with Crippen LogP contribution >= 0.6 is 11.3 Å². The van der Waals surface area contributed by atoms with Crippen molar-refractivity contribution in [1.29, 1.82) is 0 Å². The van der Waals surface area contributed by atoms with Crippen LogP contribution in [0.25, 0.3) is 0 Å². The summed E-state index contributed by atoms with van der Waals surface area (Å²) in [5.41, 5.74) is 2.87. The first-order valence-electron chi connectivity index (χ1n) is 9.77. The Morgan fingerprint density at radius 3 is 2.86 bits per heavy atom. The maximum absolute atomic E-state index is 13.0. The number of ether oxygens (including phenoxy) is 1. The molecule has 0 saturated heterocycles. The van der Waals surface area contributed by atoms with Crippen LogP contribution in [0.1, 0.15) is 50.8 Å². The molecule has 2 aromatic rings. The second-order valence-electron chi connectivity index (χ2n) is 7.51. The monoisotopic (exact) mass is 399 g/mol. The Morgan fingerprint density at radius 2 is 2.14 bits per heavy atom. The molecule has 0 unspecified atom stereocenters. The van der Waals surface area contributed by atoms with Gasteiger partial charge in [0.15, 0.2) is 0 Å². The first-order chi connectivity index (χ1) is 13.5. The number of benzene rings is 1. The highest BCUT2D eigenvalue weighted by Crippen LogP contribution is 2.27. The molecule has 0 spiro atoms. The molecule has 2 heterocycles. The lowest BCUT2D eigenvalue weighted by Gasteiger charge is -2.19. The molecule has 1 aliphatic carbocycles. The van der Waals surface area contributed by atoms with Gasteiger partial charge in [0.2, 0.25) is 5.91 Å². The number of aryl methyl sites for hydroxylation is 3. The molecule has 2 amide bonds. The zero-order valence-electron chi connectivity index (χ0n) is 16.3. The van der Waals surface area contributed by atoms with Crippen LogP contribution in [0.15, 0.2) is 18.2 Å². The Morgan fingerprint density at radius 1 is 1.32 bits per heavy atom. The van der Waals surface area contributed by atoms with E-state index in [0.717, 1.165) is 40.4 Å². The molecule has 0 radical (unpaired) electrons. The summed E-state index contributed by atoms with van der Waals surface area (Å²) in [7, 11) is 0. The van der Waals surface area contributed by atoms with Crippen molar-refractivity contribution in [3.8, 4) is 5.75 Å². The Bertz CT molecular complexity index is 904. The Labute approximate surface area is 168 Å². The first kappa shape index (κ1) is 18.9. The zero-order chi connectivity index (χ0) is 19.7. The van der Waals surface area contributed by atoms with Gasteiger partial charge >= 0.3 is 0 Å². The van der Waals surface area contributed by atoms with Crippen LogP contribution in [0, 0.1) is 13.8 Å². The predicted molar refractivity (Wildman–Crippen MR) is 108 cm³/mol. The molecule has 148 valence electrons. The third-order valence-electron chi connectivity index (χ3n) is 5.07. The summed E-state index contributed by atoms with van der Waals surface area (Å²) in [6, 6.07) is 6.43. The Hall–Kier alpha value is -2.41. The molecule has 0 atom stereocenters. The highest BCUT2D eigenvalue weighted by atomic mass is 32.1. The average Bonchev–Trinajstić information content (AvgIpc) is 3.44. The SMILES string of the molecule is Cc1nc(C)c(C(=O)N2CCOc3ccc(CCC(=O)NC4CC4)cc3C2)s1. The maximum atomic E-state index is 13.0. The molecule has 7 heteroatoms. The molecule has 4 rings (SSSR count). The second kappa shape index (κ2) is 7.91. The summed E-state index contributed by atoms with van der Waals surface area (Å²) in [4.78, 5) is 31.8. The lowest BCUT2D eigenvalue weighted by atomic mass is 10.0. The van der Waals surface area contributed by atoms with Gasteiger partial charge in [0.05, 0.1) is 17.2 Å². The number of nitrogens with one attached hydrogen (secondary N) is 1. The van der Waals surface area contributed by atoms with Gasteiger partial charge in [-0.15, -0.1) is 11.3 Å². The quantitative estimate of drug-likeness (QED) is 0.839. The van der Waals surface area contributed by atoms with Crippen molar-refractivity contribution in [2.45, 2.75) is 52.1 Å². The highest BCUT2D eigenvalue weighted by molar-refractivity contribution is 7.13. The van der Waals surface area contributed by atoms with E-state index in [9.17, 15) is 9.59 Å². The number of aromatic nitrogens is 1. The Kier molecular flexibility index (Phi) is 5.35. The smallest absolute Gasteiger partial charge is 0.266 e. The summed E-state index contributed by atoms with van der Waals surface area (Å²) in [6.07, 6.45) is 3.38. The number of hydrogen-bond donors (Lipinski definition) is 1. The molecular weight excluding hydrogens is 374 g/mol. The van der Waals surface area contributed by atoms with Gasteiger partial charge in [-0.25, -0.2) is 4.98 Å². The summed E-state index contributed by atoms with van der Waals surface area (Å²) in [5, 5.41) is 3.92. The fraction of sp³-hybridized carbons (Fsp3) is 0.476. The van der Waals surface area contributed by atoms with Gasteiger partial charge in [-0.05, 0) is 44.7 Å². The first-order valence-corrected chi connectivity index (χ1v) is 10.6. The standard InChI is InChI=1S/C21H25N3O3S/c1-13-20(28-14(2)22-13)21(26)24-9-10-27-18-7-3-15(11-16(18)12-24)4-8-19(25)23-17-5-6-17/h3,7,11,17H,4-6,8-10,12H2,1-2H3,(H,23,25). The van der Waals surface area contributed by atoms with Crippen LogP contribution < -0.4 is 10.1 Å². The van der Waals surface area contributed by atoms with E-state index in [1.165, 1.54) is 11.3 Å². The predicted octanol–water partition coefficient (Wildman–Crippen LogP) is 3.01. The van der Waals surface area contributed by atoms with E-state index in [1.54, 1.807) is 0 Å². The number of nitrogens with zero attached hydrogens (tertiary/aromatic N) is 2. The third-order valence-corrected chi connectivity index (χ3v) is 6.13. The maximum Gasteiger partial charge on any atom is 0.266 e. The number of fused-ring (bicyclic) bond motifs is 1. The minimum atomic E-state index is 0.00812. The van der Waals surface area contributed by atoms with Gasteiger partial charge in [-0.1, -0.05) is 12.1 Å². The van der Waals surface area contributed by atoms with E-state index in [0.29, 0.717) is 43.5 Å². The van der Waals surface area contributed by atoms with Crippen LogP contribution in [0.3, 0.4) is 0 Å². The van der Waals surface area contributed by atoms with Crippen molar-refractivity contribution in [3.63, 3.8) is 0 Å². The van der Waals surface area contributed by atoms with Crippen molar-refractivity contribution in [1.82, 2.24) is 15.2 Å². The van der Waals surface area contributed by atoms with E-state index in [4.69, 9.17) is 4.74 Å². The third kappa shape index (κ3) is 4.35. The van der Waals surface area contributed by atoms with E-state index in [2.05, 4.69) is 16.4 Å². The lowest BCUT2D eigenvalue weighted by Crippen LogP contribution is -2.32. The van der Waals surface area contributed by atoms with Crippen LogP contribution in [0.4, 0.5) is 0 Å². The molecule has 1 fully saturated rings. The zero-order valence-corrected chi connectivity index (χ0v) is 17.1. The number of hydrogen-bond acceptors (Lipinski definition) is 5. The molecule has 0 bridgehead atoms. The summed E-state index contributed by atoms with van der Waals surface area (Å²) in [5.74, 6) is 0.939.